The fourth-order valence-corrected chi connectivity index (χ4v) is 1.35. The van der Waals surface area contributed by atoms with Gasteiger partial charge in [-0.2, -0.15) is 0 Å². The molecule has 14 heavy (non-hydrogen) atoms. The van der Waals surface area contributed by atoms with Crippen LogP contribution in [0.15, 0.2) is 27.9 Å². The van der Waals surface area contributed by atoms with Gasteiger partial charge in [0.2, 0.25) is 0 Å². The maximum absolute atomic E-state index is 11.4. The van der Waals surface area contributed by atoms with Crippen molar-refractivity contribution in [3.05, 3.63) is 28.8 Å². The van der Waals surface area contributed by atoms with Crippen molar-refractivity contribution in [2.24, 2.45) is 0 Å². The third-order valence-corrected chi connectivity index (χ3v) is 2.02. The molecule has 0 aliphatic heterocycles. The predicted octanol–water partition coefficient (Wildman–Crippen LogP) is 0.459. The quantitative estimate of drug-likeness (QED) is 0.553. The van der Waals surface area contributed by atoms with E-state index in [0.717, 1.165) is 0 Å². The zero-order chi connectivity index (χ0) is 9.54. The summed E-state index contributed by atoms with van der Waals surface area (Å²) in [5.74, 6) is 0. The van der Waals surface area contributed by atoms with Crippen LogP contribution in [0.4, 0.5) is 0 Å². The molecule has 0 unspecified atom stereocenters. The van der Waals surface area contributed by atoms with Gasteiger partial charge < -0.3 is 4.98 Å². The lowest BCUT2D eigenvalue weighted by Crippen LogP contribution is -2.05. The van der Waals surface area contributed by atoms with Crippen LogP contribution in [0.3, 0.4) is 0 Å². The van der Waals surface area contributed by atoms with Crippen molar-refractivity contribution in [1.29, 1.82) is 0 Å². The molecule has 0 radical (unpaired) electrons. The molecule has 0 fully saturated rings. The molecular weight excluding hydrogens is 184 g/mol. The molecule has 0 atom stereocenters. The van der Waals surface area contributed by atoms with Gasteiger partial charge in [-0.25, -0.2) is 9.61 Å². The van der Waals surface area contributed by atoms with E-state index in [4.69, 9.17) is 0 Å². The summed E-state index contributed by atoms with van der Waals surface area (Å²) in [6.45, 7) is 0. The minimum atomic E-state index is -0.195. The molecule has 0 bridgehead atoms. The van der Waals surface area contributed by atoms with Crippen molar-refractivity contribution < 1.29 is 4.63 Å². The van der Waals surface area contributed by atoms with Gasteiger partial charge in [-0.3, -0.25) is 4.79 Å². The van der Waals surface area contributed by atoms with Crippen LogP contribution in [0.5, 0.6) is 0 Å². The van der Waals surface area contributed by atoms with E-state index in [1.54, 1.807) is 12.1 Å². The molecule has 0 saturated heterocycles. The van der Waals surface area contributed by atoms with E-state index in [9.17, 15) is 4.79 Å². The Morgan fingerprint density at radius 3 is 2.79 bits per heavy atom. The Morgan fingerprint density at radius 2 is 1.93 bits per heavy atom. The Hall–Kier alpha value is -2.24. The maximum atomic E-state index is 11.4. The Bertz CT molecular complexity index is 669. The Labute approximate surface area is 76.5 Å². The van der Waals surface area contributed by atoms with E-state index in [2.05, 4.69) is 24.9 Å². The molecule has 1 N–H and O–H groups in total. The van der Waals surface area contributed by atoms with Crippen molar-refractivity contribution in [1.82, 2.24) is 20.3 Å². The Kier molecular flexibility index (Phi) is 1.22. The summed E-state index contributed by atoms with van der Waals surface area (Å²) in [5, 5.41) is 7.79. The average molecular weight is 188 g/mol. The zero-order valence-electron chi connectivity index (χ0n) is 6.89. The van der Waals surface area contributed by atoms with Gasteiger partial charge in [0.05, 0.1) is 17.2 Å². The first kappa shape index (κ1) is 7.19. The number of hydrogen-bond acceptors (Lipinski definition) is 5. The highest BCUT2D eigenvalue weighted by molar-refractivity contribution is 5.91. The lowest BCUT2D eigenvalue weighted by molar-refractivity contribution is 0.315. The highest BCUT2D eigenvalue weighted by Gasteiger charge is 2.05. The summed E-state index contributed by atoms with van der Waals surface area (Å²) in [4.78, 5) is 17.9. The smallest absolute Gasteiger partial charge is 0.258 e. The molecule has 2 aromatic heterocycles. The van der Waals surface area contributed by atoms with Crippen LogP contribution in [-0.2, 0) is 0 Å². The van der Waals surface area contributed by atoms with Crippen LogP contribution >= 0.6 is 0 Å². The van der Waals surface area contributed by atoms with Crippen molar-refractivity contribution in [2.75, 3.05) is 0 Å². The second kappa shape index (κ2) is 2.38. The fraction of sp³-hybridized carbons (Fsp3) is 0. The second-order valence-electron chi connectivity index (χ2n) is 2.85. The summed E-state index contributed by atoms with van der Waals surface area (Å²) in [5.41, 5.74) is 1.53. The Balaban J connectivity index is 2.63. The van der Waals surface area contributed by atoms with Gasteiger partial charge in [0.1, 0.15) is 11.0 Å². The second-order valence-corrected chi connectivity index (χ2v) is 2.85. The van der Waals surface area contributed by atoms with Crippen molar-refractivity contribution in [3.63, 3.8) is 0 Å². The van der Waals surface area contributed by atoms with Crippen LogP contribution in [0, 0.1) is 0 Å². The first-order valence-corrected chi connectivity index (χ1v) is 3.94. The van der Waals surface area contributed by atoms with E-state index in [-0.39, 0.29) is 5.56 Å². The fourth-order valence-electron chi connectivity index (χ4n) is 1.35. The number of hydrogen-bond donors (Lipinski definition) is 1. The lowest BCUT2D eigenvalue weighted by atomic mass is 10.2. The molecule has 0 aliphatic rings. The van der Waals surface area contributed by atoms with Gasteiger partial charge in [0, 0.05) is 0 Å². The minimum absolute atomic E-state index is 0.195. The van der Waals surface area contributed by atoms with Crippen LogP contribution in [-0.4, -0.2) is 20.3 Å². The van der Waals surface area contributed by atoms with E-state index in [0.29, 0.717) is 21.9 Å². The number of fused-ring (bicyclic) bond motifs is 2. The predicted molar refractivity (Wildman–Crippen MR) is 47.7 cm³/mol. The van der Waals surface area contributed by atoms with Gasteiger partial charge in [0.15, 0.2) is 0 Å². The zero-order valence-corrected chi connectivity index (χ0v) is 6.89. The molecule has 1 aromatic carbocycles. The van der Waals surface area contributed by atoms with Gasteiger partial charge >= 0.3 is 0 Å². The number of H-pyrrole nitrogens is 1. The number of aromatic amines is 1. The van der Waals surface area contributed by atoms with Gasteiger partial charge in [0.25, 0.3) is 5.56 Å². The molecule has 3 aromatic rings. The third kappa shape index (κ3) is 0.846. The average Bonchev–Trinajstić information content (AvgIpc) is 2.62. The highest BCUT2D eigenvalue weighted by atomic mass is 16.6. The van der Waals surface area contributed by atoms with Gasteiger partial charge in [-0.15, -0.1) is 0 Å². The molecule has 6 heteroatoms. The van der Waals surface area contributed by atoms with Crippen LogP contribution in [0.1, 0.15) is 0 Å². The monoisotopic (exact) mass is 188 g/mol. The molecule has 0 saturated carbocycles. The molecule has 6 nitrogen and oxygen atoms in total. The Morgan fingerprint density at radius 1 is 1.14 bits per heavy atom. The molecular formula is C8H4N4O2. The highest BCUT2D eigenvalue weighted by Crippen LogP contribution is 2.14. The van der Waals surface area contributed by atoms with E-state index in [1.165, 1.54) is 6.33 Å². The molecule has 0 amide bonds. The summed E-state index contributed by atoms with van der Waals surface area (Å²) in [6.07, 6.45) is 1.35. The van der Waals surface area contributed by atoms with E-state index in [1.807, 2.05) is 0 Å². The number of aromatic nitrogens is 4. The van der Waals surface area contributed by atoms with Crippen molar-refractivity contribution in [3.8, 4) is 0 Å². The largest absolute Gasteiger partial charge is 0.313 e. The maximum Gasteiger partial charge on any atom is 0.258 e. The first-order valence-electron chi connectivity index (χ1n) is 3.94. The molecule has 0 aliphatic carbocycles. The van der Waals surface area contributed by atoms with Crippen LogP contribution < -0.4 is 5.56 Å². The van der Waals surface area contributed by atoms with E-state index < -0.39 is 0 Å². The number of benzene rings is 1. The standard InChI is InChI=1S/C8H4N4O2/c13-8-4-1-6-7(12-14-11-6)2-5(4)9-3-10-8/h1-3H,(H,9,10,13). The summed E-state index contributed by atoms with van der Waals surface area (Å²) < 4.78 is 4.54. The molecule has 2 heterocycles. The summed E-state index contributed by atoms with van der Waals surface area (Å²) in [7, 11) is 0. The van der Waals surface area contributed by atoms with E-state index >= 15 is 0 Å². The first-order chi connectivity index (χ1) is 6.84. The van der Waals surface area contributed by atoms with Crippen molar-refractivity contribution >= 4 is 21.9 Å². The number of nitrogens with one attached hydrogen (secondary N) is 1. The van der Waals surface area contributed by atoms with Crippen LogP contribution in [0.25, 0.3) is 21.9 Å². The number of rotatable bonds is 0. The van der Waals surface area contributed by atoms with Gasteiger partial charge in [-0.1, -0.05) is 0 Å². The SMILES string of the molecule is O=c1[nH]cnc2cc3nonc3cc12. The summed E-state index contributed by atoms with van der Waals surface area (Å²) in [6, 6.07) is 3.27. The minimum Gasteiger partial charge on any atom is -0.313 e. The van der Waals surface area contributed by atoms with Crippen molar-refractivity contribution in [2.45, 2.75) is 0 Å². The number of nitrogens with zero attached hydrogens (tertiary/aromatic N) is 3. The van der Waals surface area contributed by atoms with Gasteiger partial charge in [-0.05, 0) is 22.4 Å². The normalized spacial score (nSPS) is 11.1. The lowest BCUT2D eigenvalue weighted by Gasteiger charge is -1.92. The molecule has 0 spiro atoms. The topological polar surface area (TPSA) is 84.7 Å². The third-order valence-electron chi connectivity index (χ3n) is 2.02. The molecule has 68 valence electrons. The molecule has 3 rings (SSSR count). The summed E-state index contributed by atoms with van der Waals surface area (Å²) >= 11 is 0. The van der Waals surface area contributed by atoms with Crippen LogP contribution in [0.2, 0.25) is 0 Å².